The number of ether oxygens (including phenoxy) is 1. The number of rotatable bonds is 2. The Kier molecular flexibility index (Phi) is 4.69. The van der Waals surface area contributed by atoms with Gasteiger partial charge in [-0.15, -0.1) is 0 Å². The zero-order valence-electron chi connectivity index (χ0n) is 10.1. The topological polar surface area (TPSA) is 67.8 Å². The number of anilines is 1. The molecule has 0 unspecified atom stereocenters. The minimum Gasteiger partial charge on any atom is -0.466 e. The number of benzene rings is 1. The minimum absolute atomic E-state index is 0.185. The van der Waals surface area contributed by atoms with E-state index in [2.05, 4.69) is 15.0 Å². The third kappa shape index (κ3) is 3.53. The summed E-state index contributed by atoms with van der Waals surface area (Å²) in [6.45, 7) is 0. The van der Waals surface area contributed by atoms with E-state index >= 15 is 0 Å². The first-order chi connectivity index (χ1) is 9.49. The predicted octanol–water partition coefficient (Wildman–Crippen LogP) is 3.09. The molecular weight excluding hydrogens is 323 g/mol. The standard InChI is InChI=1S/C12H8Cl2N2O3S/c1-19-10(17)5-9-11(18)16-12(20-9)15-8-3-2-6(13)4-7(8)14/h2-5H,1H3,(H,15,16,18)/b9-5-. The van der Waals surface area contributed by atoms with Gasteiger partial charge in [0.25, 0.3) is 5.91 Å². The smallest absolute Gasteiger partial charge is 0.331 e. The Bertz CT molecular complexity index is 644. The predicted molar refractivity (Wildman–Crippen MR) is 80.2 cm³/mol. The summed E-state index contributed by atoms with van der Waals surface area (Å²) in [5.74, 6) is -1.12. The molecule has 0 radical (unpaired) electrons. The molecule has 1 heterocycles. The van der Waals surface area contributed by atoms with Crippen molar-refractivity contribution < 1.29 is 14.3 Å². The lowest BCUT2D eigenvalue weighted by Crippen LogP contribution is -2.05. The average Bonchev–Trinajstić information content (AvgIpc) is 2.73. The maximum absolute atomic E-state index is 11.6. The van der Waals surface area contributed by atoms with Crippen LogP contribution >= 0.6 is 35.0 Å². The summed E-state index contributed by atoms with van der Waals surface area (Å²) in [5, 5.41) is 4.13. The van der Waals surface area contributed by atoms with Gasteiger partial charge in [-0.05, 0) is 30.0 Å². The molecule has 0 bridgehead atoms. The number of amides is 1. The summed E-state index contributed by atoms with van der Waals surface area (Å²) in [7, 11) is 1.23. The van der Waals surface area contributed by atoms with Gasteiger partial charge in [0.15, 0.2) is 5.17 Å². The van der Waals surface area contributed by atoms with Crippen LogP contribution in [-0.4, -0.2) is 24.2 Å². The first-order valence-corrected chi connectivity index (χ1v) is 6.89. The fourth-order valence-corrected chi connectivity index (χ4v) is 2.58. The summed E-state index contributed by atoms with van der Waals surface area (Å²) in [5.41, 5.74) is 0.564. The van der Waals surface area contributed by atoms with Gasteiger partial charge in [0, 0.05) is 11.1 Å². The average molecular weight is 331 g/mol. The normalized spacial score (nSPS) is 16.2. The molecule has 0 fully saturated rings. The molecule has 2 rings (SSSR count). The molecule has 0 saturated carbocycles. The second kappa shape index (κ2) is 6.30. The highest BCUT2D eigenvalue weighted by molar-refractivity contribution is 8.18. The number of hydrogen-bond donors (Lipinski definition) is 1. The van der Waals surface area contributed by atoms with Crippen molar-refractivity contribution in [2.24, 2.45) is 4.99 Å². The molecule has 0 atom stereocenters. The lowest BCUT2D eigenvalue weighted by Gasteiger charge is -2.06. The molecule has 5 nitrogen and oxygen atoms in total. The SMILES string of the molecule is COC(=O)/C=C1\SC(Nc2ccc(Cl)cc2Cl)=NC1=O. The van der Waals surface area contributed by atoms with Crippen LogP contribution in [-0.2, 0) is 14.3 Å². The van der Waals surface area contributed by atoms with Crippen LogP contribution < -0.4 is 5.32 Å². The third-order valence-corrected chi connectivity index (χ3v) is 3.69. The first kappa shape index (κ1) is 14.9. The molecule has 1 aromatic rings. The van der Waals surface area contributed by atoms with Gasteiger partial charge in [0.05, 0.1) is 22.7 Å². The van der Waals surface area contributed by atoms with E-state index < -0.39 is 11.9 Å². The highest BCUT2D eigenvalue weighted by atomic mass is 35.5. The summed E-state index contributed by atoms with van der Waals surface area (Å²) < 4.78 is 4.46. The number of aliphatic imine (C=N–C) groups is 1. The second-order valence-electron chi connectivity index (χ2n) is 3.61. The highest BCUT2D eigenvalue weighted by Gasteiger charge is 2.23. The monoisotopic (exact) mass is 330 g/mol. The Morgan fingerprint density at radius 2 is 2.20 bits per heavy atom. The maximum Gasteiger partial charge on any atom is 0.331 e. The number of esters is 1. The minimum atomic E-state index is -0.609. The first-order valence-electron chi connectivity index (χ1n) is 5.32. The lowest BCUT2D eigenvalue weighted by molar-refractivity contribution is -0.135. The van der Waals surface area contributed by atoms with Crippen LogP contribution in [0.5, 0.6) is 0 Å². The molecular formula is C12H8Cl2N2O3S. The van der Waals surface area contributed by atoms with Crippen molar-refractivity contribution in [1.82, 2.24) is 0 Å². The molecule has 0 aliphatic carbocycles. The lowest BCUT2D eigenvalue weighted by atomic mass is 10.3. The van der Waals surface area contributed by atoms with Crippen molar-refractivity contribution in [3.63, 3.8) is 0 Å². The van der Waals surface area contributed by atoms with Crippen LogP contribution in [0.3, 0.4) is 0 Å². The highest BCUT2D eigenvalue weighted by Crippen LogP contribution is 2.30. The van der Waals surface area contributed by atoms with Crippen LogP contribution in [0.1, 0.15) is 0 Å². The zero-order valence-corrected chi connectivity index (χ0v) is 12.5. The molecule has 1 amide bonds. The third-order valence-electron chi connectivity index (χ3n) is 2.24. The molecule has 0 saturated heterocycles. The number of carbonyl (C=O) groups is 2. The molecule has 1 aromatic carbocycles. The van der Waals surface area contributed by atoms with Crippen LogP contribution in [0.15, 0.2) is 34.2 Å². The quantitative estimate of drug-likeness (QED) is 0.666. The summed E-state index contributed by atoms with van der Waals surface area (Å²) in [6, 6.07) is 4.89. The van der Waals surface area contributed by atoms with Crippen LogP contribution in [0.25, 0.3) is 0 Å². The van der Waals surface area contributed by atoms with Crippen molar-refractivity contribution >= 4 is 57.7 Å². The van der Waals surface area contributed by atoms with Crippen molar-refractivity contribution in [2.75, 3.05) is 12.4 Å². The van der Waals surface area contributed by atoms with Gasteiger partial charge in [-0.1, -0.05) is 23.2 Å². The summed E-state index contributed by atoms with van der Waals surface area (Å²) in [4.78, 5) is 26.6. The summed E-state index contributed by atoms with van der Waals surface area (Å²) >= 11 is 12.8. The largest absolute Gasteiger partial charge is 0.466 e. The van der Waals surface area contributed by atoms with Crippen LogP contribution in [0.4, 0.5) is 5.69 Å². The van der Waals surface area contributed by atoms with Gasteiger partial charge < -0.3 is 10.1 Å². The maximum atomic E-state index is 11.6. The van der Waals surface area contributed by atoms with E-state index in [4.69, 9.17) is 23.2 Å². The van der Waals surface area contributed by atoms with Crippen molar-refractivity contribution in [3.8, 4) is 0 Å². The molecule has 20 heavy (non-hydrogen) atoms. The van der Waals surface area contributed by atoms with E-state index in [0.717, 1.165) is 17.8 Å². The van der Waals surface area contributed by atoms with Crippen LogP contribution in [0.2, 0.25) is 10.0 Å². The Morgan fingerprint density at radius 3 is 2.85 bits per heavy atom. The van der Waals surface area contributed by atoms with Gasteiger partial charge in [-0.3, -0.25) is 4.79 Å². The molecule has 0 aromatic heterocycles. The molecule has 8 heteroatoms. The van der Waals surface area contributed by atoms with Crippen LogP contribution in [0, 0.1) is 0 Å². The van der Waals surface area contributed by atoms with Crippen molar-refractivity contribution in [3.05, 3.63) is 39.2 Å². The van der Waals surface area contributed by atoms with Gasteiger partial charge >= 0.3 is 5.97 Å². The Labute approximate surface area is 129 Å². The zero-order chi connectivity index (χ0) is 14.7. The Hall–Kier alpha value is -1.50. The Morgan fingerprint density at radius 1 is 1.45 bits per heavy atom. The molecule has 104 valence electrons. The molecule has 0 spiro atoms. The molecule has 1 aliphatic heterocycles. The number of halogens is 2. The molecule has 1 N–H and O–H groups in total. The van der Waals surface area contributed by atoms with E-state index in [1.165, 1.54) is 7.11 Å². The Balaban J connectivity index is 2.13. The molecule has 1 aliphatic rings. The van der Waals surface area contributed by atoms with Gasteiger partial charge in [-0.2, -0.15) is 4.99 Å². The number of nitrogens with zero attached hydrogens (tertiary/aromatic N) is 1. The number of amidine groups is 1. The number of hydrogen-bond acceptors (Lipinski definition) is 5. The fourth-order valence-electron chi connectivity index (χ4n) is 1.33. The second-order valence-corrected chi connectivity index (χ2v) is 5.48. The number of methoxy groups -OCH3 is 1. The van der Waals surface area contributed by atoms with Gasteiger partial charge in [0.2, 0.25) is 0 Å². The summed E-state index contributed by atoms with van der Waals surface area (Å²) in [6.07, 6.45) is 1.09. The van der Waals surface area contributed by atoms with Crippen molar-refractivity contribution in [1.29, 1.82) is 0 Å². The van der Waals surface area contributed by atoms with E-state index in [0.29, 0.717) is 20.9 Å². The number of carbonyl (C=O) groups excluding carboxylic acids is 2. The van der Waals surface area contributed by atoms with Gasteiger partial charge in [0.1, 0.15) is 0 Å². The van der Waals surface area contributed by atoms with Crippen molar-refractivity contribution in [2.45, 2.75) is 0 Å². The van der Waals surface area contributed by atoms with E-state index in [1.54, 1.807) is 18.2 Å². The van der Waals surface area contributed by atoms with Gasteiger partial charge in [-0.25, -0.2) is 4.79 Å². The fraction of sp³-hybridized carbons (Fsp3) is 0.0833. The van der Waals surface area contributed by atoms with E-state index in [-0.39, 0.29) is 4.91 Å². The number of thioether (sulfide) groups is 1. The number of nitrogens with one attached hydrogen (secondary N) is 1. The van der Waals surface area contributed by atoms with E-state index in [9.17, 15) is 9.59 Å². The van der Waals surface area contributed by atoms with E-state index in [1.807, 2.05) is 0 Å².